The monoisotopic (exact) mass is 392 g/mol. The Morgan fingerprint density at radius 1 is 1.00 bits per heavy atom. The van der Waals surface area contributed by atoms with Crippen LogP contribution in [0.4, 0.5) is 11.4 Å². The molecular weight excluding hydrogens is 376 g/mol. The maximum absolute atomic E-state index is 11.9. The zero-order valence-corrected chi connectivity index (χ0v) is 15.5. The predicted molar refractivity (Wildman–Crippen MR) is 110 cm³/mol. The van der Waals surface area contributed by atoms with E-state index in [0.29, 0.717) is 22.0 Å². The summed E-state index contributed by atoms with van der Waals surface area (Å²) in [6.45, 7) is 0. The van der Waals surface area contributed by atoms with Gasteiger partial charge in [-0.2, -0.15) is 10.2 Å². The van der Waals surface area contributed by atoms with Crippen LogP contribution in [0.2, 0.25) is 5.02 Å². The summed E-state index contributed by atoms with van der Waals surface area (Å²) in [6, 6.07) is 21.1. The number of aromatic hydroxyl groups is 1. The molecule has 0 heterocycles. The Labute approximate surface area is 167 Å². The van der Waals surface area contributed by atoms with E-state index < -0.39 is 0 Å². The Bertz CT molecular complexity index is 1020. The van der Waals surface area contributed by atoms with E-state index in [0.717, 1.165) is 5.56 Å². The Balaban J connectivity index is 1.65. The molecule has 140 valence electrons. The van der Waals surface area contributed by atoms with Gasteiger partial charge < -0.3 is 5.11 Å². The van der Waals surface area contributed by atoms with Gasteiger partial charge in [-0.15, -0.1) is 5.11 Å². The minimum atomic E-state index is -0.253. The standard InChI is InChI=1S/C21H17ClN4O2/c22-18-8-4-5-9-19(18)25-24-17-10-11-20(27)16(13-17)14-23-26-21(28)12-15-6-2-1-3-7-15/h1-11,13-14,27H,12H2,(H,26,28)/b23-14-,25-24?. The Morgan fingerprint density at radius 3 is 2.54 bits per heavy atom. The molecule has 0 radical (unpaired) electrons. The van der Waals surface area contributed by atoms with Crippen molar-refractivity contribution < 1.29 is 9.90 Å². The van der Waals surface area contributed by atoms with Gasteiger partial charge in [0, 0.05) is 5.56 Å². The fourth-order valence-corrected chi connectivity index (χ4v) is 2.52. The highest BCUT2D eigenvalue weighted by Gasteiger charge is 2.03. The number of nitrogens with one attached hydrogen (secondary N) is 1. The van der Waals surface area contributed by atoms with Crippen LogP contribution in [0.25, 0.3) is 0 Å². The van der Waals surface area contributed by atoms with E-state index in [9.17, 15) is 9.90 Å². The highest BCUT2D eigenvalue weighted by molar-refractivity contribution is 6.32. The van der Waals surface area contributed by atoms with Crippen molar-refractivity contribution in [3.05, 3.63) is 88.9 Å². The molecule has 0 spiro atoms. The topological polar surface area (TPSA) is 86.4 Å². The summed E-state index contributed by atoms with van der Waals surface area (Å²) in [5.74, 6) is -0.241. The minimum Gasteiger partial charge on any atom is -0.507 e. The molecule has 0 atom stereocenters. The van der Waals surface area contributed by atoms with Crippen LogP contribution in [0.5, 0.6) is 5.75 Å². The summed E-state index contributed by atoms with van der Waals surface area (Å²) in [4.78, 5) is 11.9. The summed E-state index contributed by atoms with van der Waals surface area (Å²) in [5.41, 5.74) is 4.78. The lowest BCUT2D eigenvalue weighted by atomic mass is 10.1. The Morgan fingerprint density at radius 2 is 1.75 bits per heavy atom. The molecule has 2 N–H and O–H groups in total. The van der Waals surface area contributed by atoms with Crippen LogP contribution in [-0.2, 0) is 11.2 Å². The lowest BCUT2D eigenvalue weighted by Gasteiger charge is -2.02. The second-order valence-corrected chi connectivity index (χ2v) is 6.26. The molecule has 0 unspecified atom stereocenters. The van der Waals surface area contributed by atoms with Crippen LogP contribution < -0.4 is 5.43 Å². The summed E-state index contributed by atoms with van der Waals surface area (Å²) in [6.07, 6.45) is 1.57. The molecule has 0 aliphatic rings. The smallest absolute Gasteiger partial charge is 0.244 e. The third kappa shape index (κ3) is 5.49. The molecule has 0 aliphatic heterocycles. The Kier molecular flexibility index (Phi) is 6.49. The van der Waals surface area contributed by atoms with Crippen molar-refractivity contribution in [1.82, 2.24) is 5.43 Å². The molecule has 28 heavy (non-hydrogen) atoms. The average molecular weight is 393 g/mol. The second-order valence-electron chi connectivity index (χ2n) is 5.85. The number of phenols is 1. The van der Waals surface area contributed by atoms with Crippen LogP contribution in [0.3, 0.4) is 0 Å². The number of phenolic OH excluding ortho intramolecular Hbond substituents is 1. The summed E-state index contributed by atoms with van der Waals surface area (Å²) < 4.78 is 0. The number of nitrogens with zero attached hydrogens (tertiary/aromatic N) is 3. The van der Waals surface area contributed by atoms with Gasteiger partial charge in [0.1, 0.15) is 11.4 Å². The van der Waals surface area contributed by atoms with Crippen molar-refractivity contribution in [2.75, 3.05) is 0 Å². The number of hydrogen-bond acceptors (Lipinski definition) is 5. The van der Waals surface area contributed by atoms with E-state index in [4.69, 9.17) is 11.6 Å². The Hall–Kier alpha value is -3.51. The van der Waals surface area contributed by atoms with Crippen molar-refractivity contribution in [1.29, 1.82) is 0 Å². The highest BCUT2D eigenvalue weighted by Crippen LogP contribution is 2.27. The number of hydrogen-bond donors (Lipinski definition) is 2. The third-order valence-corrected chi connectivity index (χ3v) is 4.06. The van der Waals surface area contributed by atoms with E-state index >= 15 is 0 Å². The molecule has 0 aliphatic carbocycles. The molecule has 0 saturated carbocycles. The van der Waals surface area contributed by atoms with Crippen molar-refractivity contribution in [2.24, 2.45) is 15.3 Å². The first-order chi connectivity index (χ1) is 13.6. The number of rotatable bonds is 6. The summed E-state index contributed by atoms with van der Waals surface area (Å²) >= 11 is 6.05. The average Bonchev–Trinajstić information content (AvgIpc) is 2.70. The summed E-state index contributed by atoms with van der Waals surface area (Å²) in [5, 5.41) is 22.6. The molecule has 6 nitrogen and oxygen atoms in total. The molecule has 0 aromatic heterocycles. The van der Waals surface area contributed by atoms with Crippen molar-refractivity contribution >= 4 is 35.1 Å². The number of hydrazone groups is 1. The zero-order chi connectivity index (χ0) is 19.8. The minimum absolute atomic E-state index is 0.0118. The van der Waals surface area contributed by atoms with Crippen molar-refractivity contribution in [3.63, 3.8) is 0 Å². The van der Waals surface area contributed by atoms with Gasteiger partial charge in [0.05, 0.1) is 23.3 Å². The number of azo groups is 1. The van der Waals surface area contributed by atoms with Gasteiger partial charge in [-0.25, -0.2) is 5.43 Å². The zero-order valence-electron chi connectivity index (χ0n) is 14.8. The fourth-order valence-electron chi connectivity index (χ4n) is 2.35. The largest absolute Gasteiger partial charge is 0.507 e. The molecule has 0 fully saturated rings. The number of halogens is 1. The normalized spacial score (nSPS) is 11.2. The maximum Gasteiger partial charge on any atom is 0.244 e. The fraction of sp³-hybridized carbons (Fsp3) is 0.0476. The quantitative estimate of drug-likeness (QED) is 0.345. The first kappa shape index (κ1) is 19.3. The van der Waals surface area contributed by atoms with E-state index in [1.54, 1.807) is 24.3 Å². The first-order valence-corrected chi connectivity index (χ1v) is 8.85. The van der Waals surface area contributed by atoms with E-state index in [1.807, 2.05) is 42.5 Å². The van der Waals surface area contributed by atoms with Crippen LogP contribution in [0, 0.1) is 0 Å². The SMILES string of the molecule is O=C(Cc1ccccc1)N/N=C\c1cc(N=Nc2ccccc2Cl)ccc1O. The number of amides is 1. The lowest BCUT2D eigenvalue weighted by molar-refractivity contribution is -0.120. The van der Waals surface area contributed by atoms with E-state index in [1.165, 1.54) is 12.3 Å². The highest BCUT2D eigenvalue weighted by atomic mass is 35.5. The molecular formula is C21H17ClN4O2. The maximum atomic E-state index is 11.9. The first-order valence-electron chi connectivity index (χ1n) is 8.47. The van der Waals surface area contributed by atoms with Crippen molar-refractivity contribution in [2.45, 2.75) is 6.42 Å². The van der Waals surface area contributed by atoms with Gasteiger partial charge >= 0.3 is 0 Å². The van der Waals surface area contributed by atoms with Gasteiger partial charge in [-0.3, -0.25) is 4.79 Å². The van der Waals surface area contributed by atoms with Crippen LogP contribution in [0.15, 0.2) is 88.1 Å². The van der Waals surface area contributed by atoms with Gasteiger partial charge in [-0.05, 0) is 35.9 Å². The molecule has 1 amide bonds. The molecule has 3 aromatic rings. The van der Waals surface area contributed by atoms with Crippen LogP contribution in [0.1, 0.15) is 11.1 Å². The number of benzene rings is 3. The lowest BCUT2D eigenvalue weighted by Crippen LogP contribution is -2.19. The van der Waals surface area contributed by atoms with Gasteiger partial charge in [-0.1, -0.05) is 54.1 Å². The predicted octanol–water partition coefficient (Wildman–Crippen LogP) is 5.15. The van der Waals surface area contributed by atoms with Crippen LogP contribution in [-0.4, -0.2) is 17.2 Å². The van der Waals surface area contributed by atoms with E-state index in [-0.39, 0.29) is 18.1 Å². The van der Waals surface area contributed by atoms with Gasteiger partial charge in [0.15, 0.2) is 0 Å². The number of carbonyl (C=O) groups is 1. The summed E-state index contributed by atoms with van der Waals surface area (Å²) in [7, 11) is 0. The third-order valence-electron chi connectivity index (χ3n) is 3.74. The molecule has 7 heteroatoms. The molecule has 0 saturated heterocycles. The van der Waals surface area contributed by atoms with E-state index in [2.05, 4.69) is 20.8 Å². The van der Waals surface area contributed by atoms with Gasteiger partial charge in [0.2, 0.25) is 5.91 Å². The van der Waals surface area contributed by atoms with Crippen molar-refractivity contribution in [3.8, 4) is 5.75 Å². The second kappa shape index (κ2) is 9.43. The van der Waals surface area contributed by atoms with Gasteiger partial charge in [0.25, 0.3) is 0 Å². The number of carbonyl (C=O) groups excluding carboxylic acids is 1. The molecule has 3 aromatic carbocycles. The molecule has 0 bridgehead atoms. The van der Waals surface area contributed by atoms with Crippen LogP contribution >= 0.6 is 11.6 Å². The molecule has 3 rings (SSSR count).